The predicted molar refractivity (Wildman–Crippen MR) is 144 cm³/mol. The number of methoxy groups -OCH3 is 1. The molecule has 0 radical (unpaired) electrons. The molecule has 0 aliphatic carbocycles. The van der Waals surface area contributed by atoms with Crippen molar-refractivity contribution in [3.63, 3.8) is 0 Å². The Bertz CT molecular complexity index is 1210. The molecule has 2 amide bonds. The van der Waals surface area contributed by atoms with E-state index < -0.39 is 5.25 Å². The summed E-state index contributed by atoms with van der Waals surface area (Å²) in [6.45, 7) is 4.49. The van der Waals surface area contributed by atoms with Crippen LogP contribution in [0.15, 0.2) is 54.6 Å². The average molecular weight is 522 g/mol. The van der Waals surface area contributed by atoms with Gasteiger partial charge in [0.25, 0.3) is 0 Å². The van der Waals surface area contributed by atoms with Crippen molar-refractivity contribution in [2.45, 2.75) is 16.9 Å². The van der Waals surface area contributed by atoms with E-state index in [2.05, 4.69) is 25.7 Å². The van der Waals surface area contributed by atoms with Gasteiger partial charge >= 0.3 is 0 Å². The van der Waals surface area contributed by atoms with Crippen LogP contribution in [-0.2, 0) is 14.3 Å². The topological polar surface area (TPSA) is 109 Å². The molecule has 3 N–H and O–H groups in total. The molecule has 194 valence electrons. The van der Waals surface area contributed by atoms with Crippen LogP contribution < -0.4 is 15.4 Å². The van der Waals surface area contributed by atoms with Crippen molar-refractivity contribution in [2.24, 2.45) is 0 Å². The van der Waals surface area contributed by atoms with Gasteiger partial charge < -0.3 is 20.1 Å². The van der Waals surface area contributed by atoms with Crippen molar-refractivity contribution in [1.29, 1.82) is 0 Å². The van der Waals surface area contributed by atoms with Crippen LogP contribution in [-0.4, -0.2) is 78.7 Å². The Morgan fingerprint density at radius 2 is 1.92 bits per heavy atom. The van der Waals surface area contributed by atoms with Gasteiger partial charge in [0.15, 0.2) is 5.82 Å². The van der Waals surface area contributed by atoms with Gasteiger partial charge in [0.2, 0.25) is 11.8 Å². The number of H-pyrrole nitrogens is 1. The first-order chi connectivity index (χ1) is 18.1. The van der Waals surface area contributed by atoms with Gasteiger partial charge in [-0.3, -0.25) is 19.6 Å². The molecule has 37 heavy (non-hydrogen) atoms. The zero-order chi connectivity index (χ0) is 25.6. The summed E-state index contributed by atoms with van der Waals surface area (Å²) in [7, 11) is 1.63. The van der Waals surface area contributed by atoms with E-state index in [9.17, 15) is 9.59 Å². The number of rotatable bonds is 8. The zero-order valence-electron chi connectivity index (χ0n) is 20.7. The molecule has 1 fully saturated rings. The maximum Gasteiger partial charge on any atom is 0.239 e. The molecular weight excluding hydrogens is 490 g/mol. The Labute approximate surface area is 220 Å². The molecular formula is C27H31N5O4S. The van der Waals surface area contributed by atoms with Crippen molar-refractivity contribution in [3.8, 4) is 17.0 Å². The Kier molecular flexibility index (Phi) is 8.08. The number of nitrogens with one attached hydrogen (secondary N) is 3. The highest BCUT2D eigenvalue weighted by Crippen LogP contribution is 2.48. The molecule has 1 aromatic heterocycles. The molecule has 5 rings (SSSR count). The lowest BCUT2D eigenvalue weighted by atomic mass is 10.00. The maximum atomic E-state index is 13.2. The number of anilines is 1. The third-order valence-electron chi connectivity index (χ3n) is 6.61. The van der Waals surface area contributed by atoms with Crippen molar-refractivity contribution in [2.75, 3.05) is 51.8 Å². The van der Waals surface area contributed by atoms with Crippen LogP contribution in [0.25, 0.3) is 11.3 Å². The number of morpholine rings is 1. The van der Waals surface area contributed by atoms with Crippen LogP contribution in [0, 0.1) is 0 Å². The molecule has 0 spiro atoms. The van der Waals surface area contributed by atoms with Gasteiger partial charge in [-0.05, 0) is 23.3 Å². The van der Waals surface area contributed by atoms with E-state index in [0.717, 1.165) is 61.0 Å². The second-order valence-electron chi connectivity index (χ2n) is 9.00. The monoisotopic (exact) mass is 521 g/mol. The van der Waals surface area contributed by atoms with E-state index in [4.69, 9.17) is 9.47 Å². The summed E-state index contributed by atoms with van der Waals surface area (Å²) in [5, 5.41) is 12.7. The van der Waals surface area contributed by atoms with Crippen LogP contribution in [0.4, 0.5) is 5.82 Å². The zero-order valence-corrected chi connectivity index (χ0v) is 21.6. The highest BCUT2D eigenvalue weighted by Gasteiger charge is 2.36. The standard InChI is InChI=1S/C27H31N5O4S/c1-35-20-9-7-19(8-10-20)25-23-24(18-5-3-2-4-6-18)30-31-26(23)29-27(34)21(37-25)17-22(33)28-11-12-32-13-15-36-16-14-32/h2-10,21,25H,11-17H2,1H3,(H,28,33)(H2,29,30,31,34). The molecule has 0 saturated carbocycles. The normalized spacial score (nSPS) is 20.0. The molecule has 10 heteroatoms. The highest BCUT2D eigenvalue weighted by molar-refractivity contribution is 8.01. The van der Waals surface area contributed by atoms with E-state index in [1.807, 2.05) is 54.6 Å². The van der Waals surface area contributed by atoms with Crippen molar-refractivity contribution >= 4 is 29.4 Å². The smallest absolute Gasteiger partial charge is 0.239 e. The van der Waals surface area contributed by atoms with E-state index in [1.165, 1.54) is 11.8 Å². The molecule has 2 atom stereocenters. The number of ether oxygens (including phenoxy) is 2. The first-order valence-corrected chi connectivity index (χ1v) is 13.4. The minimum absolute atomic E-state index is 0.0843. The third-order valence-corrected chi connectivity index (χ3v) is 8.10. The number of carbonyl (C=O) groups is 2. The molecule has 0 bridgehead atoms. The molecule has 2 aliphatic rings. The molecule has 3 heterocycles. The summed E-state index contributed by atoms with van der Waals surface area (Å²) >= 11 is 1.47. The summed E-state index contributed by atoms with van der Waals surface area (Å²) in [4.78, 5) is 28.4. The van der Waals surface area contributed by atoms with Gasteiger partial charge in [0.1, 0.15) is 5.75 Å². The molecule has 9 nitrogen and oxygen atoms in total. The van der Waals surface area contributed by atoms with Gasteiger partial charge in [-0.2, -0.15) is 5.10 Å². The lowest BCUT2D eigenvalue weighted by molar-refractivity contribution is -0.124. The average Bonchev–Trinajstić information content (AvgIpc) is 3.29. The van der Waals surface area contributed by atoms with Crippen LogP contribution in [0.5, 0.6) is 5.75 Å². The third kappa shape index (κ3) is 5.98. The van der Waals surface area contributed by atoms with Gasteiger partial charge in [-0.15, -0.1) is 11.8 Å². The second kappa shape index (κ2) is 11.8. The van der Waals surface area contributed by atoms with Crippen molar-refractivity contribution in [1.82, 2.24) is 20.4 Å². The van der Waals surface area contributed by atoms with Crippen LogP contribution >= 0.6 is 11.8 Å². The second-order valence-corrected chi connectivity index (χ2v) is 10.3. The summed E-state index contributed by atoms with van der Waals surface area (Å²) < 4.78 is 10.7. The fourth-order valence-corrected chi connectivity index (χ4v) is 6.04. The van der Waals surface area contributed by atoms with Crippen LogP contribution in [0.1, 0.15) is 22.8 Å². The number of aromatic amines is 1. The van der Waals surface area contributed by atoms with E-state index in [1.54, 1.807) is 7.11 Å². The fourth-order valence-electron chi connectivity index (χ4n) is 4.60. The maximum absolute atomic E-state index is 13.2. The number of fused-ring (bicyclic) bond motifs is 1. The number of amides is 2. The molecule has 2 aromatic carbocycles. The lowest BCUT2D eigenvalue weighted by Crippen LogP contribution is -2.42. The van der Waals surface area contributed by atoms with Gasteiger partial charge in [0.05, 0.1) is 36.5 Å². The lowest BCUT2D eigenvalue weighted by Gasteiger charge is -2.26. The minimum atomic E-state index is -0.576. The fraction of sp³-hybridized carbons (Fsp3) is 0.370. The number of thioether (sulfide) groups is 1. The first-order valence-electron chi connectivity index (χ1n) is 12.4. The number of carbonyl (C=O) groups excluding carboxylic acids is 2. The molecule has 2 unspecified atom stereocenters. The summed E-state index contributed by atoms with van der Waals surface area (Å²) in [6.07, 6.45) is 0.0843. The van der Waals surface area contributed by atoms with E-state index >= 15 is 0 Å². The summed E-state index contributed by atoms with van der Waals surface area (Å²) in [6, 6.07) is 17.7. The summed E-state index contributed by atoms with van der Waals surface area (Å²) in [5.74, 6) is 0.881. The molecule has 2 aliphatic heterocycles. The van der Waals surface area contributed by atoms with Crippen LogP contribution in [0.2, 0.25) is 0 Å². The largest absolute Gasteiger partial charge is 0.497 e. The molecule has 3 aromatic rings. The Morgan fingerprint density at radius 1 is 1.16 bits per heavy atom. The quantitative estimate of drug-likeness (QED) is 0.418. The number of hydrogen-bond donors (Lipinski definition) is 3. The van der Waals surface area contributed by atoms with E-state index in [0.29, 0.717) is 12.4 Å². The van der Waals surface area contributed by atoms with Crippen molar-refractivity contribution in [3.05, 3.63) is 65.7 Å². The number of benzene rings is 2. The Balaban J connectivity index is 1.37. The van der Waals surface area contributed by atoms with Gasteiger partial charge in [-0.1, -0.05) is 42.5 Å². The Hall–Kier alpha value is -3.34. The minimum Gasteiger partial charge on any atom is -0.497 e. The molecule has 1 saturated heterocycles. The van der Waals surface area contributed by atoms with Gasteiger partial charge in [0, 0.05) is 38.2 Å². The number of nitrogens with zero attached hydrogens (tertiary/aromatic N) is 2. The number of aromatic nitrogens is 2. The Morgan fingerprint density at radius 3 is 2.65 bits per heavy atom. The summed E-state index contributed by atoms with van der Waals surface area (Å²) in [5.41, 5.74) is 3.72. The first kappa shape index (κ1) is 25.3. The van der Waals surface area contributed by atoms with Crippen molar-refractivity contribution < 1.29 is 19.1 Å². The number of hydrogen-bond acceptors (Lipinski definition) is 7. The SMILES string of the molecule is COc1ccc(C2SC(CC(=O)NCCN3CCOCC3)C(=O)Nc3n[nH]c(-c4ccccc4)c32)cc1. The van der Waals surface area contributed by atoms with E-state index in [-0.39, 0.29) is 23.5 Å². The highest BCUT2D eigenvalue weighted by atomic mass is 32.2. The van der Waals surface area contributed by atoms with Crippen LogP contribution in [0.3, 0.4) is 0 Å². The van der Waals surface area contributed by atoms with Gasteiger partial charge in [-0.25, -0.2) is 0 Å². The predicted octanol–water partition coefficient (Wildman–Crippen LogP) is 3.07.